The van der Waals surface area contributed by atoms with E-state index < -0.39 is 5.41 Å². The van der Waals surface area contributed by atoms with Crippen molar-refractivity contribution in [1.29, 1.82) is 0 Å². The molecule has 0 aromatic heterocycles. The fourth-order valence-electron chi connectivity index (χ4n) is 5.36. The molecule has 5 rings (SSSR count). The predicted octanol–water partition coefficient (Wildman–Crippen LogP) is 5.34. The molecule has 0 bridgehead atoms. The number of carbonyl (C=O) groups is 2. The van der Waals surface area contributed by atoms with Crippen LogP contribution in [0.3, 0.4) is 0 Å². The standard InChI is InChI=1S/C25H23BrN2O2/c1-4-11-28-20-8-6-5-7-16(20)25(23(28)30)17-12-15(26)9-10-18(17)27-19-13-24(2,3)14-21(29)22(19)25/h4-10,12,27H,1,11,13-14H2,2-3H3. The lowest BCUT2D eigenvalue weighted by Crippen LogP contribution is -2.50. The van der Waals surface area contributed by atoms with Crippen molar-refractivity contribution in [3.8, 4) is 0 Å². The number of amides is 1. The number of para-hydroxylation sites is 1. The molecule has 0 saturated carbocycles. The number of anilines is 2. The number of allylic oxidation sites excluding steroid dienone is 1. The summed E-state index contributed by atoms with van der Waals surface area (Å²) < 4.78 is 0.877. The molecule has 1 atom stereocenters. The minimum absolute atomic E-state index is 0.0444. The van der Waals surface area contributed by atoms with Crippen molar-refractivity contribution in [3.05, 3.63) is 82.0 Å². The van der Waals surface area contributed by atoms with Crippen LogP contribution in [0.15, 0.2) is 70.9 Å². The third kappa shape index (κ3) is 2.45. The number of ketones is 1. The molecule has 5 heteroatoms. The molecule has 2 aromatic carbocycles. The van der Waals surface area contributed by atoms with E-state index in [0.717, 1.165) is 39.1 Å². The molecule has 1 unspecified atom stereocenters. The van der Waals surface area contributed by atoms with Crippen molar-refractivity contribution in [2.24, 2.45) is 5.41 Å². The SMILES string of the molecule is C=CCN1C(=O)C2(C3=C(CC(C)(C)CC3=O)Nc3ccc(Br)cc32)c2ccccc21. The molecule has 2 aliphatic heterocycles. The molecule has 30 heavy (non-hydrogen) atoms. The highest BCUT2D eigenvalue weighted by Crippen LogP contribution is 2.58. The van der Waals surface area contributed by atoms with E-state index in [-0.39, 0.29) is 17.1 Å². The summed E-state index contributed by atoms with van der Waals surface area (Å²) in [5.41, 5.74) is 3.62. The smallest absolute Gasteiger partial charge is 0.247 e. The number of fused-ring (bicyclic) bond motifs is 5. The zero-order chi connectivity index (χ0) is 21.3. The van der Waals surface area contributed by atoms with Crippen LogP contribution in [-0.2, 0) is 15.0 Å². The van der Waals surface area contributed by atoms with Gasteiger partial charge in [0.15, 0.2) is 5.78 Å². The van der Waals surface area contributed by atoms with Crippen LogP contribution in [0.4, 0.5) is 11.4 Å². The summed E-state index contributed by atoms with van der Waals surface area (Å²) in [5.74, 6) is -0.0343. The van der Waals surface area contributed by atoms with Crippen LogP contribution in [0.25, 0.3) is 0 Å². The Morgan fingerprint density at radius 1 is 1.13 bits per heavy atom. The van der Waals surface area contributed by atoms with Gasteiger partial charge in [-0.2, -0.15) is 0 Å². The number of nitrogens with one attached hydrogen (secondary N) is 1. The van der Waals surface area contributed by atoms with E-state index in [1.807, 2.05) is 42.5 Å². The lowest BCUT2D eigenvalue weighted by molar-refractivity contribution is -0.124. The van der Waals surface area contributed by atoms with E-state index in [4.69, 9.17) is 0 Å². The Hall–Kier alpha value is -2.66. The van der Waals surface area contributed by atoms with E-state index in [0.29, 0.717) is 18.5 Å². The molecule has 4 nitrogen and oxygen atoms in total. The van der Waals surface area contributed by atoms with Gasteiger partial charge in [-0.1, -0.05) is 54.1 Å². The summed E-state index contributed by atoms with van der Waals surface area (Å²) in [4.78, 5) is 29.6. The second kappa shape index (κ2) is 6.42. The Balaban J connectivity index is 1.90. The Kier molecular flexibility index (Phi) is 4.13. The Morgan fingerprint density at radius 3 is 2.67 bits per heavy atom. The fraction of sp³-hybridized carbons (Fsp3) is 0.280. The van der Waals surface area contributed by atoms with Crippen LogP contribution in [-0.4, -0.2) is 18.2 Å². The summed E-state index contributed by atoms with van der Waals surface area (Å²) in [5, 5.41) is 3.51. The van der Waals surface area contributed by atoms with Gasteiger partial charge in [0.25, 0.3) is 0 Å². The second-order valence-electron chi connectivity index (χ2n) is 9.08. The van der Waals surface area contributed by atoms with Gasteiger partial charge in [0, 0.05) is 51.2 Å². The number of Topliss-reactive ketones (excluding diaryl/α,β-unsaturated/α-hetero) is 1. The molecule has 2 aromatic rings. The molecule has 1 amide bonds. The number of benzene rings is 2. The molecule has 3 aliphatic rings. The van der Waals surface area contributed by atoms with Gasteiger partial charge in [-0.25, -0.2) is 0 Å². The maximum absolute atomic E-state index is 14.2. The third-order valence-corrected chi connectivity index (χ3v) is 6.89. The normalized spacial score (nSPS) is 23.8. The summed E-state index contributed by atoms with van der Waals surface area (Å²) in [7, 11) is 0. The molecule has 2 heterocycles. The molecule has 1 spiro atoms. The monoisotopic (exact) mass is 462 g/mol. The number of hydrogen-bond acceptors (Lipinski definition) is 3. The topological polar surface area (TPSA) is 49.4 Å². The van der Waals surface area contributed by atoms with Crippen molar-refractivity contribution in [2.45, 2.75) is 32.1 Å². The lowest BCUT2D eigenvalue weighted by atomic mass is 9.61. The van der Waals surface area contributed by atoms with Gasteiger partial charge in [0.2, 0.25) is 5.91 Å². The molecule has 0 saturated heterocycles. The number of carbonyl (C=O) groups excluding carboxylic acids is 2. The van der Waals surface area contributed by atoms with Gasteiger partial charge in [-0.3, -0.25) is 9.59 Å². The first-order valence-corrected chi connectivity index (χ1v) is 10.9. The zero-order valence-corrected chi connectivity index (χ0v) is 18.7. The average Bonchev–Trinajstić information content (AvgIpc) is 2.92. The first-order valence-electron chi connectivity index (χ1n) is 10.2. The Morgan fingerprint density at radius 2 is 1.90 bits per heavy atom. The average molecular weight is 463 g/mol. The molecular formula is C25H23BrN2O2. The second-order valence-corrected chi connectivity index (χ2v) is 10.00. The zero-order valence-electron chi connectivity index (χ0n) is 17.1. The first kappa shape index (κ1) is 19.3. The highest BCUT2D eigenvalue weighted by atomic mass is 79.9. The summed E-state index contributed by atoms with van der Waals surface area (Å²) >= 11 is 3.58. The quantitative estimate of drug-likeness (QED) is 0.612. The highest BCUT2D eigenvalue weighted by Gasteiger charge is 2.60. The van der Waals surface area contributed by atoms with Crippen molar-refractivity contribution >= 4 is 39.0 Å². The van der Waals surface area contributed by atoms with Gasteiger partial charge in [-0.05, 0) is 36.1 Å². The van der Waals surface area contributed by atoms with Crippen LogP contribution in [0.1, 0.15) is 37.8 Å². The third-order valence-electron chi connectivity index (χ3n) is 6.40. The van der Waals surface area contributed by atoms with Gasteiger partial charge in [0.1, 0.15) is 5.41 Å². The van der Waals surface area contributed by atoms with Crippen LogP contribution in [0.2, 0.25) is 0 Å². The van der Waals surface area contributed by atoms with Crippen LogP contribution >= 0.6 is 15.9 Å². The number of rotatable bonds is 2. The van der Waals surface area contributed by atoms with Gasteiger partial charge < -0.3 is 10.2 Å². The van der Waals surface area contributed by atoms with E-state index >= 15 is 0 Å². The van der Waals surface area contributed by atoms with Crippen LogP contribution < -0.4 is 10.2 Å². The summed E-state index contributed by atoms with van der Waals surface area (Å²) in [6.45, 7) is 8.46. The van der Waals surface area contributed by atoms with Gasteiger partial charge in [0.05, 0.1) is 0 Å². The maximum Gasteiger partial charge on any atom is 0.247 e. The molecule has 0 fully saturated rings. The van der Waals surface area contributed by atoms with E-state index in [2.05, 4.69) is 41.7 Å². The summed E-state index contributed by atoms with van der Waals surface area (Å²) in [6.07, 6.45) is 2.88. The molecule has 1 aliphatic carbocycles. The van der Waals surface area contributed by atoms with Gasteiger partial charge >= 0.3 is 0 Å². The Bertz CT molecular complexity index is 1160. The van der Waals surface area contributed by atoms with Crippen molar-refractivity contribution in [1.82, 2.24) is 0 Å². The van der Waals surface area contributed by atoms with Crippen LogP contribution in [0.5, 0.6) is 0 Å². The molecule has 1 N–H and O–H groups in total. The number of halogens is 1. The van der Waals surface area contributed by atoms with E-state index in [9.17, 15) is 9.59 Å². The number of hydrogen-bond donors (Lipinski definition) is 1. The highest BCUT2D eigenvalue weighted by molar-refractivity contribution is 9.10. The largest absolute Gasteiger partial charge is 0.358 e. The van der Waals surface area contributed by atoms with E-state index in [1.54, 1.807) is 11.0 Å². The van der Waals surface area contributed by atoms with Crippen molar-refractivity contribution in [3.63, 3.8) is 0 Å². The predicted molar refractivity (Wildman–Crippen MR) is 123 cm³/mol. The summed E-state index contributed by atoms with van der Waals surface area (Å²) in [6, 6.07) is 13.8. The minimum atomic E-state index is -1.13. The van der Waals surface area contributed by atoms with Gasteiger partial charge in [-0.15, -0.1) is 6.58 Å². The van der Waals surface area contributed by atoms with E-state index in [1.165, 1.54) is 0 Å². The minimum Gasteiger partial charge on any atom is -0.358 e. The fourth-order valence-corrected chi connectivity index (χ4v) is 5.72. The molecular weight excluding hydrogens is 440 g/mol. The lowest BCUT2D eigenvalue weighted by Gasteiger charge is -2.44. The molecule has 0 radical (unpaired) electrons. The van der Waals surface area contributed by atoms with Crippen molar-refractivity contribution in [2.75, 3.05) is 16.8 Å². The number of nitrogens with zero attached hydrogens (tertiary/aromatic N) is 1. The first-order chi connectivity index (χ1) is 14.3. The molecule has 152 valence electrons. The van der Waals surface area contributed by atoms with Crippen molar-refractivity contribution < 1.29 is 9.59 Å². The Labute approximate surface area is 184 Å². The maximum atomic E-state index is 14.2. The van der Waals surface area contributed by atoms with Crippen LogP contribution in [0, 0.1) is 5.41 Å².